The van der Waals surface area contributed by atoms with E-state index in [2.05, 4.69) is 13.8 Å². The van der Waals surface area contributed by atoms with E-state index in [0.29, 0.717) is 17.4 Å². The van der Waals surface area contributed by atoms with Crippen LogP contribution >= 0.6 is 0 Å². The first-order valence-corrected chi connectivity index (χ1v) is 8.90. The highest BCUT2D eigenvalue weighted by Crippen LogP contribution is 2.59. The molecule has 0 heterocycles. The Hall–Kier alpha value is -1.31. The van der Waals surface area contributed by atoms with Crippen LogP contribution < -0.4 is 0 Å². The van der Waals surface area contributed by atoms with Crippen LogP contribution in [0.2, 0.25) is 0 Å². The van der Waals surface area contributed by atoms with Crippen LogP contribution in [0.5, 0.6) is 0 Å². The summed E-state index contributed by atoms with van der Waals surface area (Å²) in [7, 11) is 0. The van der Waals surface area contributed by atoms with Gasteiger partial charge in [-0.15, -0.1) is 0 Å². The lowest BCUT2D eigenvalue weighted by molar-refractivity contribution is -0.165. The molecule has 0 aromatic heterocycles. The van der Waals surface area contributed by atoms with Crippen LogP contribution in [0.3, 0.4) is 0 Å². The van der Waals surface area contributed by atoms with Gasteiger partial charge in [0, 0.05) is 0 Å². The summed E-state index contributed by atoms with van der Waals surface area (Å²) in [6, 6.07) is 7.91. The lowest BCUT2D eigenvalue weighted by atomic mass is 9.50. The molecule has 4 saturated carbocycles. The molecule has 0 radical (unpaired) electrons. The number of rotatable bonds is 3. The van der Waals surface area contributed by atoms with Crippen molar-refractivity contribution in [3.63, 3.8) is 0 Å². The van der Waals surface area contributed by atoms with E-state index in [1.807, 2.05) is 24.3 Å². The molecule has 0 amide bonds. The Morgan fingerprint density at radius 2 is 1.59 bits per heavy atom. The highest BCUT2D eigenvalue weighted by Gasteiger charge is 2.57. The van der Waals surface area contributed by atoms with Crippen LogP contribution in [0.4, 0.5) is 0 Å². The predicted molar refractivity (Wildman–Crippen MR) is 86.7 cm³/mol. The molecular weight excluding hydrogens is 272 g/mol. The van der Waals surface area contributed by atoms with E-state index < -0.39 is 0 Å². The average Bonchev–Trinajstić information content (AvgIpc) is 2.52. The molecule has 0 atom stereocenters. The monoisotopic (exact) mass is 298 g/mol. The Labute approximate surface area is 133 Å². The minimum Gasteiger partial charge on any atom is -0.455 e. The van der Waals surface area contributed by atoms with Gasteiger partial charge >= 0.3 is 5.97 Å². The topological polar surface area (TPSA) is 26.3 Å². The van der Waals surface area contributed by atoms with Gasteiger partial charge < -0.3 is 4.74 Å². The number of hydrogen-bond acceptors (Lipinski definition) is 2. The summed E-state index contributed by atoms with van der Waals surface area (Å²) in [5, 5.41) is 0. The molecule has 5 rings (SSSR count). The lowest BCUT2D eigenvalue weighted by Crippen LogP contribution is -2.58. The SMILES string of the molecule is CCc1ccc(C(=O)OC2(C)C3CC4CC(C3)CC2C4)cc1. The summed E-state index contributed by atoms with van der Waals surface area (Å²) in [6.07, 6.45) is 7.50. The van der Waals surface area contributed by atoms with E-state index in [4.69, 9.17) is 4.74 Å². The number of esters is 1. The van der Waals surface area contributed by atoms with Crippen molar-refractivity contribution in [3.05, 3.63) is 35.4 Å². The van der Waals surface area contributed by atoms with Gasteiger partial charge in [-0.3, -0.25) is 0 Å². The zero-order chi connectivity index (χ0) is 15.3. The highest BCUT2D eigenvalue weighted by atomic mass is 16.6. The van der Waals surface area contributed by atoms with Crippen molar-refractivity contribution in [2.24, 2.45) is 23.7 Å². The molecule has 1 aromatic rings. The molecule has 22 heavy (non-hydrogen) atoms. The molecular formula is C20H26O2. The zero-order valence-corrected chi connectivity index (χ0v) is 13.7. The second kappa shape index (κ2) is 5.11. The molecule has 0 aliphatic heterocycles. The molecule has 4 aliphatic carbocycles. The fourth-order valence-electron chi connectivity index (χ4n) is 5.42. The Balaban J connectivity index is 1.53. The number of carbonyl (C=O) groups excluding carboxylic acids is 1. The molecule has 0 unspecified atom stereocenters. The van der Waals surface area contributed by atoms with Crippen LogP contribution in [-0.4, -0.2) is 11.6 Å². The van der Waals surface area contributed by atoms with Gasteiger partial charge in [0.25, 0.3) is 0 Å². The van der Waals surface area contributed by atoms with E-state index in [-0.39, 0.29) is 11.6 Å². The first-order valence-electron chi connectivity index (χ1n) is 8.90. The molecule has 2 heteroatoms. The van der Waals surface area contributed by atoms with Crippen LogP contribution in [-0.2, 0) is 11.2 Å². The molecule has 2 nitrogen and oxygen atoms in total. The summed E-state index contributed by atoms with van der Waals surface area (Å²) in [5.41, 5.74) is 1.73. The van der Waals surface area contributed by atoms with Crippen molar-refractivity contribution in [3.8, 4) is 0 Å². The van der Waals surface area contributed by atoms with E-state index >= 15 is 0 Å². The number of ether oxygens (including phenoxy) is 1. The third-order valence-electron chi connectivity index (χ3n) is 6.67. The van der Waals surface area contributed by atoms with Gasteiger partial charge in [-0.2, -0.15) is 0 Å². The maximum Gasteiger partial charge on any atom is 0.338 e. The normalized spacial score (nSPS) is 39.0. The number of aryl methyl sites for hydroxylation is 1. The molecule has 4 aliphatic rings. The summed E-state index contributed by atoms with van der Waals surface area (Å²) < 4.78 is 6.14. The lowest BCUT2D eigenvalue weighted by Gasteiger charge is -2.59. The van der Waals surface area contributed by atoms with Gasteiger partial charge in [0.2, 0.25) is 0 Å². The predicted octanol–water partition coefficient (Wildman–Crippen LogP) is 4.62. The van der Waals surface area contributed by atoms with Gasteiger partial charge in [-0.25, -0.2) is 4.79 Å². The Bertz CT molecular complexity index is 544. The summed E-state index contributed by atoms with van der Waals surface area (Å²) in [6.45, 7) is 4.33. The first-order chi connectivity index (χ1) is 10.6. The third kappa shape index (κ3) is 2.19. The largest absolute Gasteiger partial charge is 0.455 e. The second-order valence-electron chi connectivity index (χ2n) is 7.93. The fraction of sp³-hybridized carbons (Fsp3) is 0.650. The summed E-state index contributed by atoms with van der Waals surface area (Å²) in [5.74, 6) is 2.85. The second-order valence-corrected chi connectivity index (χ2v) is 7.93. The minimum absolute atomic E-state index is 0.127. The van der Waals surface area contributed by atoms with Crippen molar-refractivity contribution in [1.82, 2.24) is 0 Å². The van der Waals surface area contributed by atoms with Crippen molar-refractivity contribution >= 4 is 5.97 Å². The van der Waals surface area contributed by atoms with E-state index in [1.54, 1.807) is 0 Å². The Morgan fingerprint density at radius 1 is 1.05 bits per heavy atom. The van der Waals surface area contributed by atoms with Crippen molar-refractivity contribution in [2.45, 2.75) is 58.0 Å². The number of carbonyl (C=O) groups is 1. The van der Waals surface area contributed by atoms with Gasteiger partial charge in [0.05, 0.1) is 5.56 Å². The van der Waals surface area contributed by atoms with Crippen molar-refractivity contribution in [1.29, 1.82) is 0 Å². The molecule has 4 fully saturated rings. The van der Waals surface area contributed by atoms with E-state index in [1.165, 1.54) is 37.7 Å². The van der Waals surface area contributed by atoms with Crippen molar-refractivity contribution in [2.75, 3.05) is 0 Å². The molecule has 0 N–H and O–H groups in total. The van der Waals surface area contributed by atoms with E-state index in [9.17, 15) is 4.79 Å². The number of benzene rings is 1. The maximum absolute atomic E-state index is 12.6. The fourth-order valence-corrected chi connectivity index (χ4v) is 5.42. The van der Waals surface area contributed by atoms with Crippen LogP contribution in [0.1, 0.15) is 61.9 Å². The van der Waals surface area contributed by atoms with Crippen LogP contribution in [0.25, 0.3) is 0 Å². The Kier molecular flexibility index (Phi) is 3.32. The van der Waals surface area contributed by atoms with Crippen LogP contribution in [0, 0.1) is 23.7 Å². The minimum atomic E-state index is -0.228. The zero-order valence-electron chi connectivity index (χ0n) is 13.7. The average molecular weight is 298 g/mol. The summed E-state index contributed by atoms with van der Waals surface area (Å²) >= 11 is 0. The Morgan fingerprint density at radius 3 is 2.09 bits per heavy atom. The van der Waals surface area contributed by atoms with Crippen LogP contribution in [0.15, 0.2) is 24.3 Å². The smallest absolute Gasteiger partial charge is 0.338 e. The molecule has 0 saturated heterocycles. The highest BCUT2D eigenvalue weighted by molar-refractivity contribution is 5.89. The standard InChI is InChI=1S/C20H26O2/c1-3-13-4-6-16(7-5-13)19(21)22-20(2)17-9-14-8-15(11-17)12-18(20)10-14/h4-7,14-15,17-18H,3,8-12H2,1-2H3. The molecule has 118 valence electrons. The summed E-state index contributed by atoms with van der Waals surface area (Å²) in [4.78, 5) is 12.6. The molecule has 0 spiro atoms. The molecule has 1 aromatic carbocycles. The maximum atomic E-state index is 12.6. The van der Waals surface area contributed by atoms with Crippen molar-refractivity contribution < 1.29 is 9.53 Å². The quantitative estimate of drug-likeness (QED) is 0.761. The van der Waals surface area contributed by atoms with Gasteiger partial charge in [0.1, 0.15) is 5.60 Å². The van der Waals surface area contributed by atoms with Gasteiger partial charge in [-0.05, 0) is 86.8 Å². The van der Waals surface area contributed by atoms with Gasteiger partial charge in [-0.1, -0.05) is 19.1 Å². The van der Waals surface area contributed by atoms with Gasteiger partial charge in [0.15, 0.2) is 0 Å². The third-order valence-corrected chi connectivity index (χ3v) is 6.67. The molecule has 4 bridgehead atoms. The first kappa shape index (κ1) is 14.3. The number of hydrogen-bond donors (Lipinski definition) is 0. The van der Waals surface area contributed by atoms with E-state index in [0.717, 1.165) is 18.3 Å².